The number of benzene rings is 1. The Morgan fingerprint density at radius 2 is 1.93 bits per heavy atom. The van der Waals surface area contributed by atoms with Crippen LogP contribution in [0.15, 0.2) is 41.8 Å². The molecule has 2 bridgehead atoms. The van der Waals surface area contributed by atoms with Crippen molar-refractivity contribution < 1.29 is 9.00 Å². The molecule has 1 amide bonds. The molecule has 4 nitrogen and oxygen atoms in total. The fourth-order valence-corrected chi connectivity index (χ4v) is 6.36. The highest BCUT2D eigenvalue weighted by molar-refractivity contribution is 7.99. The van der Waals surface area contributed by atoms with E-state index in [1.807, 2.05) is 43.5 Å². The van der Waals surface area contributed by atoms with Gasteiger partial charge in [0.05, 0.1) is 27.3 Å². The molecule has 3 aliphatic rings. The van der Waals surface area contributed by atoms with Gasteiger partial charge in [0.1, 0.15) is 0 Å². The van der Waals surface area contributed by atoms with Crippen LogP contribution in [-0.4, -0.2) is 37.6 Å². The van der Waals surface area contributed by atoms with Crippen molar-refractivity contribution in [3.63, 3.8) is 0 Å². The minimum Gasteiger partial charge on any atom is -0.331 e. The van der Waals surface area contributed by atoms with Gasteiger partial charge in [0.25, 0.3) is 0 Å². The van der Waals surface area contributed by atoms with Crippen LogP contribution < -0.4 is 4.72 Å². The number of carbonyl (C=O) groups is 1. The molecule has 1 aliphatic carbocycles. The summed E-state index contributed by atoms with van der Waals surface area (Å²) in [6, 6.07) is 8.46. The number of fused-ring (bicyclic) bond motifs is 3. The standard InChI is InChI=1S/C24H36N2O2S2/c1-6-16-26-22(27)19-12-14-24(26,15-13-19)21(25-30(28)23(3,4)5)18-8-10-20(11-9-18)29-17-7-2/h6,8-11,19,21,25H,1,7,12-17H2,2-5H3/t19?,21-,24?,30-/m1/s1. The molecule has 0 spiro atoms. The van der Waals surface area contributed by atoms with Crippen molar-refractivity contribution in [3.8, 4) is 0 Å². The molecule has 1 aromatic rings. The highest BCUT2D eigenvalue weighted by Crippen LogP contribution is 2.50. The number of piperidine rings is 2. The molecule has 1 N–H and O–H groups in total. The molecule has 4 rings (SSSR count). The van der Waals surface area contributed by atoms with E-state index in [-0.39, 0.29) is 28.2 Å². The Bertz CT molecular complexity index is 777. The summed E-state index contributed by atoms with van der Waals surface area (Å²) < 4.78 is 16.3. The first-order chi connectivity index (χ1) is 14.2. The predicted molar refractivity (Wildman–Crippen MR) is 128 cm³/mol. The summed E-state index contributed by atoms with van der Waals surface area (Å²) >= 11 is 1.86. The van der Waals surface area contributed by atoms with Crippen LogP contribution in [0.5, 0.6) is 0 Å². The van der Waals surface area contributed by atoms with Gasteiger partial charge in [-0.1, -0.05) is 25.1 Å². The number of amides is 1. The molecule has 2 saturated heterocycles. The Morgan fingerprint density at radius 1 is 1.30 bits per heavy atom. The van der Waals surface area contributed by atoms with Gasteiger partial charge in [0.15, 0.2) is 0 Å². The molecule has 1 aromatic carbocycles. The van der Waals surface area contributed by atoms with Crippen molar-refractivity contribution in [2.24, 2.45) is 5.92 Å². The van der Waals surface area contributed by atoms with E-state index in [2.05, 4.69) is 42.5 Å². The van der Waals surface area contributed by atoms with Crippen molar-refractivity contribution >= 4 is 28.7 Å². The van der Waals surface area contributed by atoms with Gasteiger partial charge >= 0.3 is 0 Å². The quantitative estimate of drug-likeness (QED) is 0.415. The number of hydrogen-bond donors (Lipinski definition) is 1. The van der Waals surface area contributed by atoms with Crippen LogP contribution in [0.4, 0.5) is 0 Å². The molecule has 0 unspecified atom stereocenters. The third kappa shape index (κ3) is 4.71. The van der Waals surface area contributed by atoms with Gasteiger partial charge in [-0.05, 0) is 76.3 Å². The molecule has 3 fully saturated rings. The van der Waals surface area contributed by atoms with E-state index in [0.29, 0.717) is 6.54 Å². The minimum absolute atomic E-state index is 0.133. The maximum Gasteiger partial charge on any atom is 0.226 e. The van der Waals surface area contributed by atoms with E-state index in [1.165, 1.54) is 4.90 Å². The van der Waals surface area contributed by atoms with E-state index in [9.17, 15) is 9.00 Å². The lowest BCUT2D eigenvalue weighted by Gasteiger charge is -2.57. The Hall–Kier alpha value is -1.11. The number of nitrogens with one attached hydrogen (secondary N) is 1. The highest BCUT2D eigenvalue weighted by Gasteiger charge is 2.55. The maximum absolute atomic E-state index is 13.2. The second kappa shape index (κ2) is 9.58. The summed E-state index contributed by atoms with van der Waals surface area (Å²) in [4.78, 5) is 16.4. The summed E-state index contributed by atoms with van der Waals surface area (Å²) in [5.41, 5.74) is 0.745. The molecular formula is C24H36N2O2S2. The number of nitrogens with zero attached hydrogens (tertiary/aromatic N) is 1. The highest BCUT2D eigenvalue weighted by atomic mass is 32.2. The smallest absolute Gasteiger partial charge is 0.226 e. The van der Waals surface area contributed by atoms with Crippen LogP contribution >= 0.6 is 11.8 Å². The van der Waals surface area contributed by atoms with Crippen LogP contribution in [0.25, 0.3) is 0 Å². The van der Waals surface area contributed by atoms with Gasteiger partial charge in [-0.3, -0.25) is 4.79 Å². The van der Waals surface area contributed by atoms with Crippen LogP contribution in [0.3, 0.4) is 0 Å². The van der Waals surface area contributed by atoms with Crippen molar-refractivity contribution in [1.29, 1.82) is 0 Å². The number of rotatable bonds is 9. The number of hydrogen-bond acceptors (Lipinski definition) is 3. The zero-order chi connectivity index (χ0) is 21.9. The Labute approximate surface area is 188 Å². The lowest BCUT2D eigenvalue weighted by molar-refractivity contribution is -0.157. The first-order valence-corrected chi connectivity index (χ1v) is 13.2. The molecule has 166 valence electrons. The third-order valence-electron chi connectivity index (χ3n) is 6.32. The fraction of sp³-hybridized carbons (Fsp3) is 0.625. The summed E-state index contributed by atoms with van der Waals surface area (Å²) in [7, 11) is -1.24. The maximum atomic E-state index is 13.2. The molecule has 2 aliphatic heterocycles. The van der Waals surface area contributed by atoms with E-state index < -0.39 is 11.0 Å². The Kier molecular flexibility index (Phi) is 7.52. The van der Waals surface area contributed by atoms with Crippen molar-refractivity contribution in [3.05, 3.63) is 42.5 Å². The topological polar surface area (TPSA) is 49.4 Å². The van der Waals surface area contributed by atoms with E-state index in [1.54, 1.807) is 0 Å². The second-order valence-electron chi connectivity index (χ2n) is 9.46. The fourth-order valence-electron chi connectivity index (χ4n) is 4.67. The molecular weight excluding hydrogens is 412 g/mol. The first kappa shape index (κ1) is 23.6. The summed E-state index contributed by atoms with van der Waals surface area (Å²) in [6.45, 7) is 12.6. The van der Waals surface area contributed by atoms with Gasteiger partial charge in [-0.25, -0.2) is 8.93 Å². The van der Waals surface area contributed by atoms with Crippen LogP contribution in [-0.2, 0) is 15.8 Å². The Balaban J connectivity index is 2.01. The van der Waals surface area contributed by atoms with Crippen LogP contribution in [0.1, 0.15) is 71.4 Å². The predicted octanol–water partition coefficient (Wildman–Crippen LogP) is 5.24. The third-order valence-corrected chi connectivity index (χ3v) is 9.10. The lowest BCUT2D eigenvalue weighted by atomic mass is 9.65. The molecule has 2 heterocycles. The second-order valence-corrected chi connectivity index (χ2v) is 12.6. The van der Waals surface area contributed by atoms with Crippen molar-refractivity contribution in [1.82, 2.24) is 9.62 Å². The molecule has 6 heteroatoms. The normalized spacial score (nSPS) is 25.9. The first-order valence-electron chi connectivity index (χ1n) is 11.1. The molecule has 1 saturated carbocycles. The van der Waals surface area contributed by atoms with Gasteiger partial charge < -0.3 is 4.90 Å². The molecule has 2 atom stereocenters. The number of carbonyl (C=O) groups excluding carboxylic acids is 1. The molecule has 0 radical (unpaired) electrons. The average Bonchev–Trinajstić information content (AvgIpc) is 2.73. The van der Waals surface area contributed by atoms with Gasteiger partial charge in [0.2, 0.25) is 5.91 Å². The average molecular weight is 449 g/mol. The van der Waals surface area contributed by atoms with Gasteiger partial charge in [0, 0.05) is 17.4 Å². The SMILES string of the molecule is C=CCN1C(=O)C2CCC1([C@H](N[S@](=O)C(C)(C)C)c1ccc(SCCC)cc1)CC2. The largest absolute Gasteiger partial charge is 0.331 e. The van der Waals surface area contributed by atoms with Crippen molar-refractivity contribution in [2.45, 2.75) is 81.0 Å². The monoisotopic (exact) mass is 448 g/mol. The van der Waals surface area contributed by atoms with E-state index in [0.717, 1.165) is 43.4 Å². The summed E-state index contributed by atoms with van der Waals surface area (Å²) in [5, 5.41) is 0. The molecule has 30 heavy (non-hydrogen) atoms. The minimum atomic E-state index is -1.24. The summed E-state index contributed by atoms with van der Waals surface area (Å²) in [6.07, 6.45) is 6.66. The van der Waals surface area contributed by atoms with E-state index in [4.69, 9.17) is 0 Å². The van der Waals surface area contributed by atoms with Crippen molar-refractivity contribution in [2.75, 3.05) is 12.3 Å². The van der Waals surface area contributed by atoms with E-state index >= 15 is 0 Å². The molecule has 0 aromatic heterocycles. The van der Waals surface area contributed by atoms with Gasteiger partial charge in [-0.2, -0.15) is 0 Å². The van der Waals surface area contributed by atoms with Crippen LogP contribution in [0, 0.1) is 5.92 Å². The van der Waals surface area contributed by atoms with Crippen LogP contribution in [0.2, 0.25) is 0 Å². The number of thioether (sulfide) groups is 1. The lowest BCUT2D eigenvalue weighted by Crippen LogP contribution is -2.66. The summed E-state index contributed by atoms with van der Waals surface area (Å²) in [5.74, 6) is 1.46. The zero-order valence-corrected chi connectivity index (χ0v) is 20.4. The zero-order valence-electron chi connectivity index (χ0n) is 18.8. The Morgan fingerprint density at radius 3 is 2.47 bits per heavy atom. The van der Waals surface area contributed by atoms with Gasteiger partial charge in [-0.15, -0.1) is 18.3 Å².